The Kier molecular flexibility index (Phi) is 4.15. The van der Waals surface area contributed by atoms with Gasteiger partial charge in [0.15, 0.2) is 0 Å². The van der Waals surface area contributed by atoms with Crippen LogP contribution < -0.4 is 5.73 Å². The molecule has 140 valence electrons. The van der Waals surface area contributed by atoms with Crippen LogP contribution in [0.3, 0.4) is 0 Å². The highest BCUT2D eigenvalue weighted by molar-refractivity contribution is 7.13. The summed E-state index contributed by atoms with van der Waals surface area (Å²) in [5.74, 6) is 0.0545. The standard InChI is InChI=1S/C22H25N3OS/c1-22(2,3)24(4)21(26)18-13-17(19-6-5-11-27-19)20-16-12-15(23)8-7-14(16)9-10-25(18)20/h5-8,11-13H,9-10,23H2,1-4H3. The lowest BCUT2D eigenvalue weighted by Crippen LogP contribution is -2.43. The molecule has 1 aromatic carbocycles. The number of nitrogen functional groups attached to an aromatic ring is 1. The smallest absolute Gasteiger partial charge is 0.270 e. The maximum atomic E-state index is 13.3. The summed E-state index contributed by atoms with van der Waals surface area (Å²) in [7, 11) is 1.88. The first kappa shape index (κ1) is 17.9. The van der Waals surface area contributed by atoms with Crippen molar-refractivity contribution in [2.45, 2.75) is 39.3 Å². The fourth-order valence-electron chi connectivity index (χ4n) is 3.61. The van der Waals surface area contributed by atoms with Gasteiger partial charge < -0.3 is 15.2 Å². The van der Waals surface area contributed by atoms with Crippen LogP contribution in [0.25, 0.3) is 21.7 Å². The minimum absolute atomic E-state index is 0.0545. The number of fused-ring (bicyclic) bond motifs is 3. The van der Waals surface area contributed by atoms with Gasteiger partial charge in [0.1, 0.15) is 5.69 Å². The van der Waals surface area contributed by atoms with Crippen molar-refractivity contribution in [3.8, 4) is 21.7 Å². The third kappa shape index (κ3) is 2.96. The number of benzene rings is 1. The summed E-state index contributed by atoms with van der Waals surface area (Å²) in [6.07, 6.45) is 0.903. The molecule has 4 nitrogen and oxygen atoms in total. The Balaban J connectivity index is 1.95. The van der Waals surface area contributed by atoms with Crippen molar-refractivity contribution in [1.29, 1.82) is 0 Å². The number of nitrogens with zero attached hydrogens (tertiary/aromatic N) is 2. The monoisotopic (exact) mass is 379 g/mol. The van der Waals surface area contributed by atoms with E-state index in [0.29, 0.717) is 0 Å². The van der Waals surface area contributed by atoms with E-state index < -0.39 is 0 Å². The quantitative estimate of drug-likeness (QED) is 0.644. The first-order valence-corrected chi connectivity index (χ1v) is 10.1. The Bertz CT molecular complexity index is 1010. The Morgan fingerprint density at radius 1 is 1.19 bits per heavy atom. The molecule has 4 rings (SSSR count). The highest BCUT2D eigenvalue weighted by atomic mass is 32.1. The van der Waals surface area contributed by atoms with E-state index in [1.165, 1.54) is 10.4 Å². The predicted octanol–water partition coefficient (Wildman–Crippen LogP) is 4.89. The fraction of sp³-hybridized carbons (Fsp3) is 0.318. The predicted molar refractivity (Wildman–Crippen MR) is 113 cm³/mol. The SMILES string of the molecule is CN(C(=O)c1cc(-c2cccs2)c2n1CCc1ccc(N)cc1-2)C(C)(C)C. The molecular weight excluding hydrogens is 354 g/mol. The van der Waals surface area contributed by atoms with Crippen LogP contribution in [-0.2, 0) is 13.0 Å². The van der Waals surface area contributed by atoms with Crippen molar-refractivity contribution in [3.63, 3.8) is 0 Å². The fourth-order valence-corrected chi connectivity index (χ4v) is 4.35. The van der Waals surface area contributed by atoms with Crippen molar-refractivity contribution in [2.24, 2.45) is 0 Å². The second-order valence-electron chi connectivity index (χ2n) is 8.12. The molecule has 1 aliphatic rings. The van der Waals surface area contributed by atoms with Gasteiger partial charge in [0.25, 0.3) is 5.91 Å². The zero-order valence-electron chi connectivity index (χ0n) is 16.2. The summed E-state index contributed by atoms with van der Waals surface area (Å²) in [6, 6.07) is 12.3. The van der Waals surface area contributed by atoms with E-state index in [2.05, 4.69) is 55.0 Å². The average Bonchev–Trinajstić information content (AvgIpc) is 3.27. The number of anilines is 1. The number of carbonyl (C=O) groups excluding carboxylic acids is 1. The molecular formula is C22H25N3OS. The second-order valence-corrected chi connectivity index (χ2v) is 9.07. The molecule has 0 bridgehead atoms. The number of nitrogens with two attached hydrogens (primary N) is 1. The first-order chi connectivity index (χ1) is 12.8. The topological polar surface area (TPSA) is 51.3 Å². The van der Waals surface area contributed by atoms with Crippen molar-refractivity contribution in [3.05, 3.63) is 53.0 Å². The maximum absolute atomic E-state index is 13.3. The molecule has 5 heteroatoms. The number of carbonyl (C=O) groups is 1. The molecule has 1 aliphatic heterocycles. The molecule has 2 aromatic heterocycles. The normalized spacial score (nSPS) is 13.2. The summed E-state index contributed by atoms with van der Waals surface area (Å²) >= 11 is 1.70. The molecule has 0 radical (unpaired) electrons. The number of hydrogen-bond donors (Lipinski definition) is 1. The summed E-state index contributed by atoms with van der Waals surface area (Å²) in [5, 5.41) is 2.07. The largest absolute Gasteiger partial charge is 0.399 e. The van der Waals surface area contributed by atoms with Gasteiger partial charge in [0.2, 0.25) is 0 Å². The van der Waals surface area contributed by atoms with E-state index in [-0.39, 0.29) is 11.4 Å². The van der Waals surface area contributed by atoms with Gasteiger partial charge in [-0.2, -0.15) is 0 Å². The average molecular weight is 380 g/mol. The van der Waals surface area contributed by atoms with E-state index in [1.807, 2.05) is 24.1 Å². The van der Waals surface area contributed by atoms with E-state index >= 15 is 0 Å². The van der Waals surface area contributed by atoms with Gasteiger partial charge in [-0.1, -0.05) is 12.1 Å². The van der Waals surface area contributed by atoms with Crippen LogP contribution in [0.5, 0.6) is 0 Å². The molecule has 2 N–H and O–H groups in total. The Labute approximate surface area is 164 Å². The van der Waals surface area contributed by atoms with Gasteiger partial charge in [0, 0.05) is 40.8 Å². The third-order valence-corrected chi connectivity index (χ3v) is 6.31. The summed E-state index contributed by atoms with van der Waals surface area (Å²) in [4.78, 5) is 16.3. The Morgan fingerprint density at radius 3 is 2.63 bits per heavy atom. The molecule has 0 fully saturated rings. The van der Waals surface area contributed by atoms with Crippen molar-refractivity contribution in [2.75, 3.05) is 12.8 Å². The molecule has 27 heavy (non-hydrogen) atoms. The van der Waals surface area contributed by atoms with Crippen molar-refractivity contribution < 1.29 is 4.79 Å². The van der Waals surface area contributed by atoms with Crippen LogP contribution in [0.15, 0.2) is 41.8 Å². The van der Waals surface area contributed by atoms with Crippen LogP contribution in [0, 0.1) is 0 Å². The second kappa shape index (κ2) is 6.27. The summed E-state index contributed by atoms with van der Waals surface area (Å²) < 4.78 is 2.18. The lowest BCUT2D eigenvalue weighted by molar-refractivity contribution is 0.0644. The molecule has 0 spiro atoms. The highest BCUT2D eigenvalue weighted by Crippen LogP contribution is 2.42. The molecule has 3 aromatic rings. The maximum Gasteiger partial charge on any atom is 0.270 e. The van der Waals surface area contributed by atoms with Gasteiger partial charge in [-0.25, -0.2) is 0 Å². The highest BCUT2D eigenvalue weighted by Gasteiger charge is 2.31. The zero-order chi connectivity index (χ0) is 19.3. The number of thiophene rings is 1. The minimum Gasteiger partial charge on any atom is -0.399 e. The van der Waals surface area contributed by atoms with Crippen LogP contribution in [0.4, 0.5) is 5.69 Å². The number of rotatable bonds is 2. The molecule has 0 saturated heterocycles. The zero-order valence-corrected chi connectivity index (χ0v) is 17.1. The number of aromatic nitrogens is 1. The summed E-state index contributed by atoms with van der Waals surface area (Å²) in [5.41, 5.74) is 12.0. The molecule has 0 aliphatic carbocycles. The van der Waals surface area contributed by atoms with Gasteiger partial charge in [-0.05, 0) is 62.4 Å². The van der Waals surface area contributed by atoms with Gasteiger partial charge in [0.05, 0.1) is 5.69 Å². The van der Waals surface area contributed by atoms with E-state index in [4.69, 9.17) is 5.73 Å². The van der Waals surface area contributed by atoms with Crippen molar-refractivity contribution in [1.82, 2.24) is 9.47 Å². The molecule has 1 amide bonds. The Morgan fingerprint density at radius 2 is 1.96 bits per heavy atom. The van der Waals surface area contributed by atoms with Gasteiger partial charge >= 0.3 is 0 Å². The van der Waals surface area contributed by atoms with Crippen LogP contribution in [0.2, 0.25) is 0 Å². The van der Waals surface area contributed by atoms with E-state index in [0.717, 1.165) is 41.2 Å². The third-order valence-electron chi connectivity index (χ3n) is 5.41. The Hall–Kier alpha value is -2.53. The molecule has 0 atom stereocenters. The molecule has 0 saturated carbocycles. The summed E-state index contributed by atoms with van der Waals surface area (Å²) in [6.45, 7) is 6.97. The van der Waals surface area contributed by atoms with E-state index in [9.17, 15) is 4.79 Å². The van der Waals surface area contributed by atoms with Gasteiger partial charge in [-0.3, -0.25) is 4.79 Å². The molecule has 3 heterocycles. The number of hydrogen-bond acceptors (Lipinski definition) is 3. The van der Waals surface area contributed by atoms with E-state index in [1.54, 1.807) is 11.3 Å². The number of amides is 1. The van der Waals surface area contributed by atoms with Gasteiger partial charge in [-0.15, -0.1) is 11.3 Å². The van der Waals surface area contributed by atoms with Crippen LogP contribution in [0.1, 0.15) is 36.8 Å². The first-order valence-electron chi connectivity index (χ1n) is 9.21. The molecule has 0 unspecified atom stereocenters. The minimum atomic E-state index is -0.234. The lowest BCUT2D eigenvalue weighted by atomic mass is 9.95. The number of aryl methyl sites for hydroxylation is 1. The van der Waals surface area contributed by atoms with Crippen LogP contribution in [-0.4, -0.2) is 28.0 Å². The lowest BCUT2D eigenvalue weighted by Gasteiger charge is -2.32. The van der Waals surface area contributed by atoms with Crippen molar-refractivity contribution >= 4 is 22.9 Å². The van der Waals surface area contributed by atoms with Crippen LogP contribution >= 0.6 is 11.3 Å².